The van der Waals surface area contributed by atoms with Crippen molar-refractivity contribution >= 4 is 11.8 Å². The maximum absolute atomic E-state index is 13.8. The number of benzene rings is 1. The molecule has 6 nitrogen and oxygen atoms in total. The van der Waals surface area contributed by atoms with Gasteiger partial charge in [0.25, 0.3) is 5.91 Å². The molecule has 2 rings (SSSR count). The number of aromatic nitrogens is 2. The van der Waals surface area contributed by atoms with Crippen LogP contribution in [0, 0.1) is 17.6 Å². The number of hydrogen-bond donors (Lipinski definition) is 1. The largest absolute Gasteiger partial charge is 0.340 e. The van der Waals surface area contributed by atoms with Gasteiger partial charge in [0, 0.05) is 26.5 Å². The van der Waals surface area contributed by atoms with Crippen LogP contribution >= 0.6 is 0 Å². The lowest BCUT2D eigenvalue weighted by molar-refractivity contribution is -0.133. The topological polar surface area (TPSA) is 67.2 Å². The summed E-state index contributed by atoms with van der Waals surface area (Å²) in [6, 6.07) is 2.24. The lowest BCUT2D eigenvalue weighted by atomic mass is 10.0. The van der Waals surface area contributed by atoms with Gasteiger partial charge >= 0.3 is 0 Å². The Bertz CT molecular complexity index is 784. The van der Waals surface area contributed by atoms with Crippen LogP contribution < -0.4 is 5.32 Å². The molecule has 0 bridgehead atoms. The molecule has 0 aliphatic rings. The average Bonchev–Trinajstić information content (AvgIpc) is 2.96. The molecule has 26 heavy (non-hydrogen) atoms. The van der Waals surface area contributed by atoms with E-state index in [1.807, 2.05) is 7.05 Å². The number of halogens is 2. The Balaban J connectivity index is 2.16. The van der Waals surface area contributed by atoms with E-state index in [1.165, 1.54) is 11.0 Å². The fraction of sp³-hybridized carbons (Fsp3) is 0.389. The van der Waals surface area contributed by atoms with Crippen molar-refractivity contribution in [1.29, 1.82) is 0 Å². The molecule has 1 atom stereocenters. The molecule has 0 aliphatic heterocycles. The van der Waals surface area contributed by atoms with Gasteiger partial charge in [0.05, 0.1) is 6.54 Å². The van der Waals surface area contributed by atoms with E-state index in [1.54, 1.807) is 37.9 Å². The zero-order chi connectivity index (χ0) is 19.4. The van der Waals surface area contributed by atoms with Crippen molar-refractivity contribution in [2.45, 2.75) is 26.4 Å². The third kappa shape index (κ3) is 4.25. The molecule has 1 N–H and O–H groups in total. The molecule has 1 heterocycles. The Morgan fingerprint density at radius 3 is 2.38 bits per heavy atom. The fourth-order valence-electron chi connectivity index (χ4n) is 2.52. The predicted molar refractivity (Wildman–Crippen MR) is 92.1 cm³/mol. The molecular weight excluding hydrogens is 342 g/mol. The molecule has 2 aromatic rings. The zero-order valence-electron chi connectivity index (χ0n) is 15.2. The first kappa shape index (κ1) is 19.6. The van der Waals surface area contributed by atoms with Crippen LogP contribution in [0.5, 0.6) is 0 Å². The summed E-state index contributed by atoms with van der Waals surface area (Å²) in [5.74, 6) is -2.87. The quantitative estimate of drug-likeness (QED) is 0.854. The molecule has 0 spiro atoms. The van der Waals surface area contributed by atoms with Crippen LogP contribution in [-0.2, 0) is 18.4 Å². The van der Waals surface area contributed by atoms with Gasteiger partial charge < -0.3 is 14.8 Å². The van der Waals surface area contributed by atoms with Gasteiger partial charge in [0.1, 0.15) is 29.1 Å². The van der Waals surface area contributed by atoms with Crippen molar-refractivity contribution in [1.82, 2.24) is 19.8 Å². The van der Waals surface area contributed by atoms with Crippen molar-refractivity contribution in [2.75, 3.05) is 7.05 Å². The van der Waals surface area contributed by atoms with Crippen molar-refractivity contribution in [3.05, 3.63) is 53.6 Å². The molecule has 0 unspecified atom stereocenters. The number of carbonyl (C=O) groups is 2. The molecule has 2 amide bonds. The Morgan fingerprint density at radius 1 is 1.27 bits per heavy atom. The van der Waals surface area contributed by atoms with Crippen LogP contribution in [0.4, 0.5) is 8.78 Å². The molecule has 0 saturated carbocycles. The smallest absolute Gasteiger partial charge is 0.257 e. The third-order valence-electron chi connectivity index (χ3n) is 4.08. The number of nitrogens with zero attached hydrogens (tertiary/aromatic N) is 3. The first-order valence-electron chi connectivity index (χ1n) is 8.18. The predicted octanol–water partition coefficient (Wildman–Crippen LogP) is 2.11. The van der Waals surface area contributed by atoms with Gasteiger partial charge in [-0.1, -0.05) is 19.9 Å². The lowest BCUT2D eigenvalue weighted by Crippen LogP contribution is -2.50. The van der Waals surface area contributed by atoms with E-state index in [0.29, 0.717) is 5.82 Å². The van der Waals surface area contributed by atoms with E-state index in [-0.39, 0.29) is 18.4 Å². The molecule has 0 saturated heterocycles. The second-order valence-corrected chi connectivity index (χ2v) is 6.44. The third-order valence-corrected chi connectivity index (χ3v) is 4.08. The normalized spacial score (nSPS) is 12.1. The lowest BCUT2D eigenvalue weighted by Gasteiger charge is -2.27. The highest BCUT2D eigenvalue weighted by molar-refractivity contribution is 5.98. The summed E-state index contributed by atoms with van der Waals surface area (Å²) in [7, 11) is 3.39. The Morgan fingerprint density at radius 2 is 1.88 bits per heavy atom. The summed E-state index contributed by atoms with van der Waals surface area (Å²) in [4.78, 5) is 30.6. The highest BCUT2D eigenvalue weighted by Crippen LogP contribution is 2.14. The fourth-order valence-corrected chi connectivity index (χ4v) is 2.52. The van der Waals surface area contributed by atoms with Gasteiger partial charge in [-0.25, -0.2) is 13.8 Å². The summed E-state index contributed by atoms with van der Waals surface area (Å²) in [5, 5.41) is 2.45. The summed E-state index contributed by atoms with van der Waals surface area (Å²) >= 11 is 0. The number of aryl methyl sites for hydroxylation is 1. The molecule has 0 aliphatic carbocycles. The highest BCUT2D eigenvalue weighted by atomic mass is 19.1. The van der Waals surface area contributed by atoms with Gasteiger partial charge in [-0.05, 0) is 18.1 Å². The highest BCUT2D eigenvalue weighted by Gasteiger charge is 2.29. The summed E-state index contributed by atoms with van der Waals surface area (Å²) in [6.07, 6.45) is 3.38. The van der Waals surface area contributed by atoms with Crippen molar-refractivity contribution < 1.29 is 18.4 Å². The molecular formula is C18H22F2N4O2. The van der Waals surface area contributed by atoms with Crippen LogP contribution in [0.15, 0.2) is 30.6 Å². The molecule has 8 heteroatoms. The number of imidazole rings is 1. The van der Waals surface area contributed by atoms with Crippen molar-refractivity contribution in [2.24, 2.45) is 13.0 Å². The molecule has 1 aromatic carbocycles. The minimum absolute atomic E-state index is 0.246. The number of amides is 2. The van der Waals surface area contributed by atoms with E-state index >= 15 is 0 Å². The van der Waals surface area contributed by atoms with Gasteiger partial charge in [-0.3, -0.25) is 9.59 Å². The Hall–Kier alpha value is -2.77. The first-order chi connectivity index (χ1) is 12.2. The minimum atomic E-state index is -0.973. The van der Waals surface area contributed by atoms with Gasteiger partial charge in [0.15, 0.2) is 0 Å². The van der Waals surface area contributed by atoms with Crippen LogP contribution in [0.3, 0.4) is 0 Å². The van der Waals surface area contributed by atoms with Gasteiger partial charge in [0.2, 0.25) is 5.91 Å². The maximum Gasteiger partial charge on any atom is 0.257 e. The average molecular weight is 364 g/mol. The van der Waals surface area contributed by atoms with Crippen LogP contribution in [0.1, 0.15) is 30.0 Å². The van der Waals surface area contributed by atoms with Crippen LogP contribution in [0.25, 0.3) is 0 Å². The summed E-state index contributed by atoms with van der Waals surface area (Å²) in [5.41, 5.74) is -0.697. The number of carbonyl (C=O) groups excluding carboxylic acids is 2. The van der Waals surface area contributed by atoms with Gasteiger partial charge in [-0.2, -0.15) is 0 Å². The van der Waals surface area contributed by atoms with Crippen LogP contribution in [-0.4, -0.2) is 39.4 Å². The second kappa shape index (κ2) is 8.07. The second-order valence-electron chi connectivity index (χ2n) is 6.44. The monoisotopic (exact) mass is 364 g/mol. The van der Waals surface area contributed by atoms with E-state index in [2.05, 4.69) is 10.3 Å². The van der Waals surface area contributed by atoms with Crippen molar-refractivity contribution in [3.8, 4) is 0 Å². The Kier molecular flexibility index (Phi) is 6.07. The zero-order valence-corrected chi connectivity index (χ0v) is 15.2. The summed E-state index contributed by atoms with van der Waals surface area (Å²) < 4.78 is 29.4. The molecule has 0 fully saturated rings. The Labute approximate surface area is 150 Å². The molecule has 0 radical (unpaired) electrons. The SMILES string of the molecule is CC(C)[C@@H](NC(=O)c1c(F)cccc1F)C(=O)N(C)Cc1nccn1C. The van der Waals surface area contributed by atoms with Crippen molar-refractivity contribution in [3.63, 3.8) is 0 Å². The summed E-state index contributed by atoms with van der Waals surface area (Å²) in [6.45, 7) is 3.74. The number of nitrogens with one attached hydrogen (secondary N) is 1. The van der Waals surface area contributed by atoms with E-state index < -0.39 is 29.1 Å². The maximum atomic E-state index is 13.8. The van der Waals surface area contributed by atoms with Gasteiger partial charge in [-0.15, -0.1) is 0 Å². The molecule has 1 aromatic heterocycles. The molecule has 140 valence electrons. The number of rotatable bonds is 6. The van der Waals surface area contributed by atoms with E-state index in [9.17, 15) is 18.4 Å². The number of hydrogen-bond acceptors (Lipinski definition) is 3. The number of likely N-dealkylation sites (N-methyl/N-ethyl adjacent to an activating group) is 1. The standard InChI is InChI=1S/C18H22F2N4O2/c1-11(2)16(18(26)24(4)10-14-21-8-9-23(14)3)22-17(25)15-12(19)6-5-7-13(15)20/h5-9,11,16H,10H2,1-4H3,(H,22,25)/t16-/m1/s1. The van der Waals surface area contributed by atoms with Crippen LogP contribution in [0.2, 0.25) is 0 Å². The van der Waals surface area contributed by atoms with E-state index in [0.717, 1.165) is 12.1 Å². The first-order valence-corrected chi connectivity index (χ1v) is 8.18. The van der Waals surface area contributed by atoms with E-state index in [4.69, 9.17) is 0 Å². The minimum Gasteiger partial charge on any atom is -0.340 e.